The third-order valence-corrected chi connectivity index (χ3v) is 3.88. The highest BCUT2D eigenvalue weighted by atomic mass is 15.1. The Balaban J connectivity index is 2.24. The highest BCUT2D eigenvalue weighted by Crippen LogP contribution is 2.26. The monoisotopic (exact) mass is 242 g/mol. The molecule has 0 radical (unpaired) electrons. The molecule has 18 heavy (non-hydrogen) atoms. The van der Waals surface area contributed by atoms with E-state index in [2.05, 4.69) is 43.9 Å². The number of nitriles is 1. The minimum atomic E-state index is 0.0173. The molecule has 96 valence electrons. The second-order valence-corrected chi connectivity index (χ2v) is 5.50. The van der Waals surface area contributed by atoms with Gasteiger partial charge in [-0.25, -0.2) is 0 Å². The van der Waals surface area contributed by atoms with Gasteiger partial charge in [0.15, 0.2) is 0 Å². The zero-order valence-corrected chi connectivity index (χ0v) is 11.7. The Labute approximate surface area is 110 Å². The van der Waals surface area contributed by atoms with Gasteiger partial charge in [0.25, 0.3) is 0 Å². The molecule has 1 aromatic carbocycles. The zero-order chi connectivity index (χ0) is 13.1. The van der Waals surface area contributed by atoms with Crippen LogP contribution in [0.5, 0.6) is 0 Å². The van der Waals surface area contributed by atoms with E-state index in [1.165, 1.54) is 35.1 Å². The van der Waals surface area contributed by atoms with E-state index < -0.39 is 0 Å². The Hall–Kier alpha value is -1.33. The van der Waals surface area contributed by atoms with Crippen molar-refractivity contribution in [1.82, 2.24) is 4.90 Å². The van der Waals surface area contributed by atoms with Gasteiger partial charge < -0.3 is 4.90 Å². The van der Waals surface area contributed by atoms with Gasteiger partial charge >= 0.3 is 0 Å². The lowest BCUT2D eigenvalue weighted by Crippen LogP contribution is -2.25. The van der Waals surface area contributed by atoms with Gasteiger partial charge in [-0.1, -0.05) is 17.7 Å². The van der Waals surface area contributed by atoms with Crippen molar-refractivity contribution in [3.8, 4) is 6.07 Å². The molecule has 1 aromatic rings. The van der Waals surface area contributed by atoms with Gasteiger partial charge in [-0.3, -0.25) is 0 Å². The molecule has 0 spiro atoms. The first-order valence-electron chi connectivity index (χ1n) is 6.81. The van der Waals surface area contributed by atoms with Crippen molar-refractivity contribution in [2.45, 2.75) is 39.5 Å². The quantitative estimate of drug-likeness (QED) is 0.813. The van der Waals surface area contributed by atoms with Crippen molar-refractivity contribution in [3.63, 3.8) is 0 Å². The summed E-state index contributed by atoms with van der Waals surface area (Å²) in [7, 11) is 0. The third kappa shape index (κ3) is 2.73. The molecule has 2 heteroatoms. The van der Waals surface area contributed by atoms with Crippen LogP contribution < -0.4 is 0 Å². The topological polar surface area (TPSA) is 27.0 Å². The maximum atomic E-state index is 9.48. The number of hydrogen-bond donors (Lipinski definition) is 0. The van der Waals surface area contributed by atoms with Crippen molar-refractivity contribution in [3.05, 3.63) is 34.4 Å². The van der Waals surface area contributed by atoms with E-state index in [0.29, 0.717) is 0 Å². The van der Waals surface area contributed by atoms with E-state index in [-0.39, 0.29) is 5.92 Å². The van der Waals surface area contributed by atoms with Gasteiger partial charge in [-0.05, 0) is 63.4 Å². The average Bonchev–Trinajstić information content (AvgIpc) is 2.79. The standard InChI is InChI=1S/C16H22N2/c1-12-8-13(2)16(14(3)9-12)15(10-17)11-18-6-4-5-7-18/h8-9,15H,4-7,11H2,1-3H3. The lowest BCUT2D eigenvalue weighted by atomic mass is 9.90. The molecule has 1 atom stereocenters. The molecular formula is C16H22N2. The molecule has 0 saturated carbocycles. The largest absolute Gasteiger partial charge is 0.302 e. The second kappa shape index (κ2) is 5.54. The summed E-state index contributed by atoms with van der Waals surface area (Å²) >= 11 is 0. The van der Waals surface area contributed by atoms with Crippen LogP contribution >= 0.6 is 0 Å². The summed E-state index contributed by atoms with van der Waals surface area (Å²) in [6.45, 7) is 9.57. The molecule has 0 aliphatic carbocycles. The van der Waals surface area contributed by atoms with E-state index in [9.17, 15) is 5.26 Å². The third-order valence-electron chi connectivity index (χ3n) is 3.88. The van der Waals surface area contributed by atoms with Crippen LogP contribution in [-0.2, 0) is 0 Å². The average molecular weight is 242 g/mol. The van der Waals surface area contributed by atoms with Crippen molar-refractivity contribution in [2.75, 3.05) is 19.6 Å². The maximum Gasteiger partial charge on any atom is 0.0844 e. The number of likely N-dealkylation sites (tertiary alicyclic amines) is 1. The van der Waals surface area contributed by atoms with Crippen LogP contribution in [0.4, 0.5) is 0 Å². The van der Waals surface area contributed by atoms with E-state index in [1.807, 2.05) is 0 Å². The molecule has 1 unspecified atom stereocenters. The lowest BCUT2D eigenvalue weighted by Gasteiger charge is -2.22. The fraction of sp³-hybridized carbons (Fsp3) is 0.562. The summed E-state index contributed by atoms with van der Waals surface area (Å²) < 4.78 is 0. The van der Waals surface area contributed by atoms with Gasteiger partial charge in [-0.2, -0.15) is 5.26 Å². The van der Waals surface area contributed by atoms with Gasteiger partial charge in [0, 0.05) is 6.54 Å². The van der Waals surface area contributed by atoms with E-state index in [1.54, 1.807) is 0 Å². The van der Waals surface area contributed by atoms with Crippen LogP contribution in [0.1, 0.15) is 41.0 Å². The Kier molecular flexibility index (Phi) is 4.04. The van der Waals surface area contributed by atoms with Crippen molar-refractivity contribution in [1.29, 1.82) is 5.26 Å². The van der Waals surface area contributed by atoms with Crippen molar-refractivity contribution < 1.29 is 0 Å². The molecule has 1 fully saturated rings. The van der Waals surface area contributed by atoms with Crippen LogP contribution in [0.3, 0.4) is 0 Å². The summed E-state index contributed by atoms with van der Waals surface area (Å²) in [4.78, 5) is 2.42. The minimum Gasteiger partial charge on any atom is -0.302 e. The second-order valence-electron chi connectivity index (χ2n) is 5.50. The molecular weight excluding hydrogens is 220 g/mol. The van der Waals surface area contributed by atoms with Gasteiger partial charge in [-0.15, -0.1) is 0 Å². The lowest BCUT2D eigenvalue weighted by molar-refractivity contribution is 0.331. The Morgan fingerprint density at radius 2 is 1.72 bits per heavy atom. The summed E-state index contributed by atoms with van der Waals surface area (Å²) in [5, 5.41) is 9.48. The first kappa shape index (κ1) is 13.1. The smallest absolute Gasteiger partial charge is 0.0844 e. The predicted molar refractivity (Wildman–Crippen MR) is 74.7 cm³/mol. The van der Waals surface area contributed by atoms with Crippen LogP contribution in [0.25, 0.3) is 0 Å². The predicted octanol–water partition coefficient (Wildman–Crippen LogP) is 3.31. The van der Waals surface area contributed by atoms with Crippen LogP contribution in [0.2, 0.25) is 0 Å². The summed E-state index contributed by atoms with van der Waals surface area (Å²) in [6.07, 6.45) is 2.56. The van der Waals surface area contributed by atoms with E-state index >= 15 is 0 Å². The maximum absolute atomic E-state index is 9.48. The van der Waals surface area contributed by atoms with Gasteiger partial charge in [0.1, 0.15) is 0 Å². The van der Waals surface area contributed by atoms with Crippen LogP contribution in [0, 0.1) is 32.1 Å². The first-order chi connectivity index (χ1) is 8.61. The number of hydrogen-bond acceptors (Lipinski definition) is 2. The number of rotatable bonds is 3. The Morgan fingerprint density at radius 1 is 1.17 bits per heavy atom. The molecule has 1 heterocycles. The highest BCUT2D eigenvalue weighted by molar-refractivity contribution is 5.42. The van der Waals surface area contributed by atoms with E-state index in [0.717, 1.165) is 19.6 Å². The first-order valence-corrected chi connectivity index (χ1v) is 6.81. The highest BCUT2D eigenvalue weighted by Gasteiger charge is 2.21. The molecule has 1 aliphatic rings. The molecule has 1 saturated heterocycles. The van der Waals surface area contributed by atoms with Gasteiger partial charge in [0.05, 0.1) is 12.0 Å². The van der Waals surface area contributed by atoms with Crippen LogP contribution in [0.15, 0.2) is 12.1 Å². The Bertz CT molecular complexity index is 441. The molecule has 0 amide bonds. The number of nitrogens with zero attached hydrogens (tertiary/aromatic N) is 2. The molecule has 0 N–H and O–H groups in total. The number of benzene rings is 1. The summed E-state index contributed by atoms with van der Waals surface area (Å²) in [5.74, 6) is 0.0173. The molecule has 0 aromatic heterocycles. The normalized spacial score (nSPS) is 17.7. The molecule has 2 nitrogen and oxygen atoms in total. The fourth-order valence-electron chi connectivity index (χ4n) is 3.16. The fourth-order valence-corrected chi connectivity index (χ4v) is 3.16. The van der Waals surface area contributed by atoms with Crippen molar-refractivity contribution in [2.24, 2.45) is 0 Å². The zero-order valence-electron chi connectivity index (χ0n) is 11.7. The molecule has 0 bridgehead atoms. The Morgan fingerprint density at radius 3 is 2.22 bits per heavy atom. The summed E-state index contributed by atoms with van der Waals surface area (Å²) in [6, 6.07) is 6.89. The van der Waals surface area contributed by atoms with E-state index in [4.69, 9.17) is 0 Å². The van der Waals surface area contributed by atoms with Crippen molar-refractivity contribution >= 4 is 0 Å². The number of aryl methyl sites for hydroxylation is 3. The van der Waals surface area contributed by atoms with Gasteiger partial charge in [0.2, 0.25) is 0 Å². The minimum absolute atomic E-state index is 0.0173. The van der Waals surface area contributed by atoms with Crippen LogP contribution in [-0.4, -0.2) is 24.5 Å². The summed E-state index contributed by atoms with van der Waals surface area (Å²) in [5.41, 5.74) is 5.05. The molecule has 2 rings (SSSR count). The molecule has 1 aliphatic heterocycles. The SMILES string of the molecule is Cc1cc(C)c(C(C#N)CN2CCCC2)c(C)c1.